The molecule has 1 heterocycles. The Bertz CT molecular complexity index is 873. The van der Waals surface area contributed by atoms with Gasteiger partial charge in [-0.1, -0.05) is 12.8 Å². The van der Waals surface area contributed by atoms with Crippen molar-refractivity contribution < 1.29 is 13.2 Å². The van der Waals surface area contributed by atoms with E-state index in [0.29, 0.717) is 10.3 Å². The van der Waals surface area contributed by atoms with Gasteiger partial charge in [-0.05, 0) is 47.0 Å². The van der Waals surface area contributed by atoms with Crippen molar-refractivity contribution in [1.82, 2.24) is 9.78 Å². The number of primary sulfonamides is 1. The van der Waals surface area contributed by atoms with Crippen LogP contribution in [-0.4, -0.2) is 24.1 Å². The number of rotatable bonds is 4. The number of nitrogens with zero attached hydrogens (tertiary/aromatic N) is 2. The van der Waals surface area contributed by atoms with Crippen LogP contribution >= 0.6 is 15.9 Å². The lowest BCUT2D eigenvalue weighted by Gasteiger charge is -2.15. The number of hydrogen-bond acceptors (Lipinski definition) is 4. The fraction of sp³-hybridized carbons (Fsp3) is 0.333. The lowest BCUT2D eigenvalue weighted by molar-refractivity contribution is 0.102. The normalized spacial score (nSPS) is 15.6. The summed E-state index contributed by atoms with van der Waals surface area (Å²) in [6.07, 6.45) is 6.02. The quantitative estimate of drug-likeness (QED) is 0.804. The van der Waals surface area contributed by atoms with E-state index in [1.54, 1.807) is 12.3 Å². The van der Waals surface area contributed by atoms with Crippen LogP contribution in [0.3, 0.4) is 0 Å². The Morgan fingerprint density at radius 2 is 2.00 bits per heavy atom. The molecule has 2 aromatic rings. The zero-order valence-electron chi connectivity index (χ0n) is 12.8. The van der Waals surface area contributed by atoms with Crippen molar-refractivity contribution in [2.24, 2.45) is 5.14 Å². The number of amides is 1. The summed E-state index contributed by atoms with van der Waals surface area (Å²) < 4.78 is 25.3. The number of sulfonamides is 1. The van der Waals surface area contributed by atoms with Crippen molar-refractivity contribution in [1.29, 1.82) is 0 Å². The number of halogens is 1. The first-order valence-corrected chi connectivity index (χ1v) is 9.87. The number of carbonyl (C=O) groups excluding carboxylic acids is 1. The summed E-state index contributed by atoms with van der Waals surface area (Å²) in [7, 11) is -3.88. The molecule has 0 radical (unpaired) electrons. The van der Waals surface area contributed by atoms with E-state index in [0.717, 1.165) is 25.7 Å². The van der Waals surface area contributed by atoms with Crippen LogP contribution in [0.25, 0.3) is 0 Å². The highest BCUT2D eigenvalue weighted by atomic mass is 79.9. The molecule has 9 heteroatoms. The van der Waals surface area contributed by atoms with Crippen LogP contribution in [0.1, 0.15) is 42.1 Å². The van der Waals surface area contributed by atoms with Crippen molar-refractivity contribution in [2.75, 3.05) is 5.32 Å². The first-order chi connectivity index (χ1) is 11.4. The molecule has 1 aliphatic carbocycles. The second kappa shape index (κ2) is 6.66. The SMILES string of the molecule is NS(=O)(=O)c1ccc(Br)c(C(=O)Nc2ccnn2C2CCCC2)c1. The largest absolute Gasteiger partial charge is 0.307 e. The molecule has 1 fully saturated rings. The highest BCUT2D eigenvalue weighted by Gasteiger charge is 2.22. The lowest BCUT2D eigenvalue weighted by atomic mass is 10.2. The molecule has 3 N–H and O–H groups in total. The number of aromatic nitrogens is 2. The fourth-order valence-electron chi connectivity index (χ4n) is 2.89. The zero-order chi connectivity index (χ0) is 17.3. The Morgan fingerprint density at radius 3 is 2.67 bits per heavy atom. The van der Waals surface area contributed by atoms with Gasteiger partial charge in [-0.2, -0.15) is 5.10 Å². The second-order valence-electron chi connectivity index (χ2n) is 5.74. The standard InChI is InChI=1S/C15H17BrN4O3S/c16-13-6-5-11(24(17,22)23)9-12(13)15(21)19-14-7-8-18-20(14)10-3-1-2-4-10/h5-10H,1-4H2,(H,19,21)(H2,17,22,23). The van der Waals surface area contributed by atoms with Crippen molar-refractivity contribution in [2.45, 2.75) is 36.6 Å². The van der Waals surface area contributed by atoms with Crippen LogP contribution in [0, 0.1) is 0 Å². The minimum atomic E-state index is -3.88. The predicted molar refractivity (Wildman–Crippen MR) is 93.2 cm³/mol. The third-order valence-corrected chi connectivity index (χ3v) is 5.70. The molecule has 24 heavy (non-hydrogen) atoms. The Labute approximate surface area is 148 Å². The average molecular weight is 413 g/mol. The molecule has 0 aliphatic heterocycles. The number of carbonyl (C=O) groups is 1. The summed E-state index contributed by atoms with van der Waals surface area (Å²) in [4.78, 5) is 12.5. The topological polar surface area (TPSA) is 107 Å². The van der Waals surface area contributed by atoms with Gasteiger partial charge in [0.15, 0.2) is 0 Å². The van der Waals surface area contributed by atoms with E-state index < -0.39 is 15.9 Å². The first-order valence-electron chi connectivity index (χ1n) is 7.53. The van der Waals surface area contributed by atoms with Gasteiger partial charge < -0.3 is 5.32 Å². The molecule has 1 saturated carbocycles. The number of hydrogen-bond donors (Lipinski definition) is 2. The van der Waals surface area contributed by atoms with Crippen molar-refractivity contribution in [3.63, 3.8) is 0 Å². The van der Waals surface area contributed by atoms with E-state index in [-0.39, 0.29) is 16.5 Å². The number of benzene rings is 1. The minimum Gasteiger partial charge on any atom is -0.307 e. The lowest BCUT2D eigenvalue weighted by Crippen LogP contribution is -2.19. The van der Waals surface area contributed by atoms with Gasteiger partial charge in [0.25, 0.3) is 5.91 Å². The molecule has 0 atom stereocenters. The molecular formula is C15H17BrN4O3S. The summed E-state index contributed by atoms with van der Waals surface area (Å²) in [6, 6.07) is 6.11. The summed E-state index contributed by atoms with van der Waals surface area (Å²) in [5.41, 5.74) is 0.195. The van der Waals surface area contributed by atoms with E-state index in [1.807, 2.05) is 4.68 Å². The summed E-state index contributed by atoms with van der Waals surface area (Å²) >= 11 is 3.27. The molecule has 1 aromatic heterocycles. The fourth-order valence-corrected chi connectivity index (χ4v) is 3.86. The van der Waals surface area contributed by atoms with Gasteiger partial charge in [-0.25, -0.2) is 18.2 Å². The van der Waals surface area contributed by atoms with Gasteiger partial charge in [-0.15, -0.1) is 0 Å². The second-order valence-corrected chi connectivity index (χ2v) is 8.16. The Balaban J connectivity index is 1.87. The molecule has 0 spiro atoms. The Kier molecular flexibility index (Phi) is 4.75. The van der Waals surface area contributed by atoms with Crippen LogP contribution in [0.15, 0.2) is 39.8 Å². The molecule has 1 amide bonds. The highest BCUT2D eigenvalue weighted by Crippen LogP contribution is 2.31. The van der Waals surface area contributed by atoms with Gasteiger partial charge in [0.1, 0.15) is 5.82 Å². The third kappa shape index (κ3) is 3.52. The molecule has 0 bridgehead atoms. The maximum Gasteiger partial charge on any atom is 0.257 e. The van der Waals surface area contributed by atoms with E-state index in [4.69, 9.17) is 5.14 Å². The highest BCUT2D eigenvalue weighted by molar-refractivity contribution is 9.10. The van der Waals surface area contributed by atoms with Crippen LogP contribution in [0.4, 0.5) is 5.82 Å². The Morgan fingerprint density at radius 1 is 1.29 bits per heavy atom. The van der Waals surface area contributed by atoms with Gasteiger partial charge in [-0.3, -0.25) is 4.79 Å². The maximum atomic E-state index is 12.6. The smallest absolute Gasteiger partial charge is 0.257 e. The molecule has 0 saturated heterocycles. The molecular weight excluding hydrogens is 396 g/mol. The zero-order valence-corrected chi connectivity index (χ0v) is 15.2. The van der Waals surface area contributed by atoms with E-state index in [2.05, 4.69) is 26.3 Å². The third-order valence-electron chi connectivity index (χ3n) is 4.09. The van der Waals surface area contributed by atoms with Crippen LogP contribution < -0.4 is 10.5 Å². The van der Waals surface area contributed by atoms with Crippen molar-refractivity contribution >= 4 is 37.7 Å². The predicted octanol–water partition coefficient (Wildman–Crippen LogP) is 2.66. The van der Waals surface area contributed by atoms with Gasteiger partial charge in [0.05, 0.1) is 22.7 Å². The molecule has 3 rings (SSSR count). The molecule has 0 unspecified atom stereocenters. The first kappa shape index (κ1) is 17.1. The number of nitrogens with two attached hydrogens (primary N) is 1. The summed E-state index contributed by atoms with van der Waals surface area (Å²) in [6.45, 7) is 0. The monoisotopic (exact) mass is 412 g/mol. The van der Waals surface area contributed by atoms with Crippen LogP contribution in [-0.2, 0) is 10.0 Å². The van der Waals surface area contributed by atoms with Gasteiger partial charge in [0, 0.05) is 10.5 Å². The minimum absolute atomic E-state index is 0.111. The summed E-state index contributed by atoms with van der Waals surface area (Å²) in [5, 5.41) is 12.2. The van der Waals surface area contributed by atoms with Crippen molar-refractivity contribution in [3.05, 3.63) is 40.5 Å². The molecule has 128 valence electrons. The number of nitrogens with one attached hydrogen (secondary N) is 1. The molecule has 1 aromatic carbocycles. The van der Waals surface area contributed by atoms with E-state index in [1.165, 1.54) is 18.2 Å². The molecule has 1 aliphatic rings. The summed E-state index contributed by atoms with van der Waals surface area (Å²) in [5.74, 6) is 0.173. The van der Waals surface area contributed by atoms with Gasteiger partial charge in [0.2, 0.25) is 10.0 Å². The molecule has 7 nitrogen and oxygen atoms in total. The number of anilines is 1. The van der Waals surface area contributed by atoms with E-state index >= 15 is 0 Å². The Hall–Kier alpha value is -1.71. The maximum absolute atomic E-state index is 12.6. The van der Waals surface area contributed by atoms with Gasteiger partial charge >= 0.3 is 0 Å². The van der Waals surface area contributed by atoms with Crippen molar-refractivity contribution in [3.8, 4) is 0 Å². The van der Waals surface area contributed by atoms with Crippen LogP contribution in [0.2, 0.25) is 0 Å². The van der Waals surface area contributed by atoms with E-state index in [9.17, 15) is 13.2 Å². The average Bonchev–Trinajstić information content (AvgIpc) is 3.16. The van der Waals surface area contributed by atoms with Crippen LogP contribution in [0.5, 0.6) is 0 Å².